The van der Waals surface area contributed by atoms with Gasteiger partial charge in [-0.05, 0) is 43.7 Å². The first-order valence-electron chi connectivity index (χ1n) is 9.52. The lowest BCUT2D eigenvalue weighted by Gasteiger charge is -2.21. The molecule has 7 heteroatoms. The Balaban J connectivity index is 2.19. The summed E-state index contributed by atoms with van der Waals surface area (Å²) in [6.45, 7) is 3.52. The van der Waals surface area contributed by atoms with Gasteiger partial charge < -0.3 is 9.88 Å². The number of nitrogens with one attached hydrogen (secondary N) is 1. The minimum atomic E-state index is -4.50. The van der Waals surface area contributed by atoms with Crippen LogP contribution in [0.1, 0.15) is 40.7 Å². The van der Waals surface area contributed by atoms with Crippen molar-refractivity contribution in [2.45, 2.75) is 32.9 Å². The Morgan fingerprint density at radius 3 is 2.37 bits per heavy atom. The van der Waals surface area contributed by atoms with Crippen LogP contribution in [0.3, 0.4) is 0 Å². The fraction of sp³-hybridized carbons (Fsp3) is 0.217. The Morgan fingerprint density at radius 1 is 1.03 bits per heavy atom. The number of carbonyl (C=O) groups is 1. The lowest BCUT2D eigenvalue weighted by Crippen LogP contribution is -2.28. The highest BCUT2D eigenvalue weighted by Crippen LogP contribution is 2.31. The van der Waals surface area contributed by atoms with E-state index in [1.165, 1.54) is 18.2 Å². The number of aromatic nitrogens is 1. The molecule has 4 nitrogen and oxygen atoms in total. The van der Waals surface area contributed by atoms with Crippen LogP contribution in [0.25, 0.3) is 5.69 Å². The molecule has 0 aliphatic heterocycles. The van der Waals surface area contributed by atoms with Crippen molar-refractivity contribution in [1.82, 2.24) is 4.57 Å². The van der Waals surface area contributed by atoms with Gasteiger partial charge in [-0.3, -0.25) is 9.59 Å². The van der Waals surface area contributed by atoms with Crippen molar-refractivity contribution in [3.8, 4) is 5.69 Å². The van der Waals surface area contributed by atoms with Crippen molar-refractivity contribution < 1.29 is 18.0 Å². The Kier molecular flexibility index (Phi) is 6.10. The Hall–Kier alpha value is -3.35. The zero-order valence-electron chi connectivity index (χ0n) is 16.6. The summed E-state index contributed by atoms with van der Waals surface area (Å²) in [5, 5.41) is 2.70. The fourth-order valence-electron chi connectivity index (χ4n) is 3.41. The van der Waals surface area contributed by atoms with Crippen molar-refractivity contribution in [2.75, 3.05) is 5.32 Å². The lowest BCUT2D eigenvalue weighted by molar-refractivity contribution is -0.137. The third kappa shape index (κ3) is 4.45. The number of para-hydroxylation sites is 1. The van der Waals surface area contributed by atoms with Crippen LogP contribution in [0.2, 0.25) is 0 Å². The third-order valence-corrected chi connectivity index (χ3v) is 4.67. The number of aryl methyl sites for hydroxylation is 1. The summed E-state index contributed by atoms with van der Waals surface area (Å²) in [6.07, 6.45) is -3.54. The average molecular weight is 414 g/mol. The zero-order chi connectivity index (χ0) is 21.9. The van der Waals surface area contributed by atoms with Crippen LogP contribution in [0, 0.1) is 6.92 Å². The highest BCUT2D eigenvalue weighted by Gasteiger charge is 2.31. The quantitative estimate of drug-likeness (QED) is 0.610. The number of hydrogen-bond donors (Lipinski definition) is 1. The molecule has 0 saturated carbocycles. The van der Waals surface area contributed by atoms with Gasteiger partial charge in [-0.15, -0.1) is 0 Å². The summed E-state index contributed by atoms with van der Waals surface area (Å²) < 4.78 is 41.2. The molecule has 2 aromatic carbocycles. The number of nitrogens with zero attached hydrogens (tertiary/aromatic N) is 1. The number of anilines is 1. The van der Waals surface area contributed by atoms with Crippen LogP contribution in [0.4, 0.5) is 18.9 Å². The summed E-state index contributed by atoms with van der Waals surface area (Å²) in [7, 11) is 0. The molecule has 3 rings (SSSR count). The van der Waals surface area contributed by atoms with Crippen LogP contribution in [0.15, 0.2) is 65.5 Å². The van der Waals surface area contributed by atoms with Gasteiger partial charge in [0.15, 0.2) is 5.43 Å². The fourth-order valence-corrected chi connectivity index (χ4v) is 3.41. The zero-order valence-corrected chi connectivity index (χ0v) is 16.6. The predicted octanol–water partition coefficient (Wildman–Crippen LogP) is 5.37. The van der Waals surface area contributed by atoms with E-state index in [9.17, 15) is 22.8 Å². The maximum atomic E-state index is 13.2. The van der Waals surface area contributed by atoms with E-state index in [0.29, 0.717) is 29.9 Å². The molecule has 1 amide bonds. The smallest absolute Gasteiger partial charge is 0.322 e. The predicted molar refractivity (Wildman–Crippen MR) is 110 cm³/mol. The second kappa shape index (κ2) is 8.57. The van der Waals surface area contributed by atoms with E-state index in [1.54, 1.807) is 41.8 Å². The van der Waals surface area contributed by atoms with Crippen molar-refractivity contribution >= 4 is 11.6 Å². The van der Waals surface area contributed by atoms with E-state index in [4.69, 9.17) is 0 Å². The Morgan fingerprint density at radius 2 is 1.73 bits per heavy atom. The molecule has 0 aliphatic rings. The number of amides is 1. The normalized spacial score (nSPS) is 11.4. The molecule has 0 unspecified atom stereocenters. The van der Waals surface area contributed by atoms with Gasteiger partial charge in [0.1, 0.15) is 5.56 Å². The molecule has 0 fully saturated rings. The van der Waals surface area contributed by atoms with Crippen molar-refractivity contribution in [1.29, 1.82) is 0 Å². The first-order chi connectivity index (χ1) is 14.2. The number of pyridine rings is 1. The molecule has 1 heterocycles. The number of benzene rings is 2. The van der Waals surface area contributed by atoms with Crippen LogP contribution < -0.4 is 10.7 Å². The Labute approximate surface area is 172 Å². The van der Waals surface area contributed by atoms with Crippen molar-refractivity contribution in [2.24, 2.45) is 0 Å². The summed E-state index contributed by atoms with van der Waals surface area (Å²) in [4.78, 5) is 25.7. The molecule has 0 radical (unpaired) electrons. The summed E-state index contributed by atoms with van der Waals surface area (Å²) in [5.74, 6) is -0.588. The van der Waals surface area contributed by atoms with E-state index in [2.05, 4.69) is 5.32 Å². The van der Waals surface area contributed by atoms with Gasteiger partial charge in [-0.2, -0.15) is 13.2 Å². The first kappa shape index (κ1) is 21.4. The largest absolute Gasteiger partial charge is 0.416 e. The van der Waals surface area contributed by atoms with E-state index < -0.39 is 23.1 Å². The third-order valence-electron chi connectivity index (χ3n) is 4.67. The summed E-state index contributed by atoms with van der Waals surface area (Å²) in [6, 6.07) is 14.8. The molecule has 0 aliphatic carbocycles. The number of halogens is 3. The van der Waals surface area contributed by atoms with Crippen molar-refractivity contribution in [3.05, 3.63) is 93.4 Å². The van der Waals surface area contributed by atoms with Gasteiger partial charge in [-0.1, -0.05) is 37.6 Å². The second-order valence-electron chi connectivity index (χ2n) is 6.93. The van der Waals surface area contributed by atoms with Crippen LogP contribution in [0.5, 0.6) is 0 Å². The molecular weight excluding hydrogens is 393 g/mol. The molecule has 156 valence electrons. The Bertz CT molecular complexity index is 1120. The van der Waals surface area contributed by atoms with Gasteiger partial charge in [0, 0.05) is 28.8 Å². The molecule has 1 N–H and O–H groups in total. The van der Waals surface area contributed by atoms with Gasteiger partial charge in [0.2, 0.25) is 0 Å². The molecule has 30 heavy (non-hydrogen) atoms. The highest BCUT2D eigenvalue weighted by atomic mass is 19.4. The van der Waals surface area contributed by atoms with Gasteiger partial charge in [-0.25, -0.2) is 0 Å². The van der Waals surface area contributed by atoms with Gasteiger partial charge in [0.25, 0.3) is 5.91 Å². The maximum absolute atomic E-state index is 13.2. The average Bonchev–Trinajstić information content (AvgIpc) is 2.68. The summed E-state index contributed by atoms with van der Waals surface area (Å²) >= 11 is 0. The van der Waals surface area contributed by atoms with Crippen LogP contribution >= 0.6 is 0 Å². The topological polar surface area (TPSA) is 51.1 Å². The molecule has 1 aromatic heterocycles. The molecule has 0 atom stereocenters. The van der Waals surface area contributed by atoms with E-state index in [0.717, 1.165) is 12.1 Å². The number of rotatable bonds is 5. The summed E-state index contributed by atoms with van der Waals surface area (Å²) in [5.41, 5.74) is 0.288. The minimum absolute atomic E-state index is 0.0660. The van der Waals surface area contributed by atoms with Crippen LogP contribution in [-0.4, -0.2) is 10.5 Å². The van der Waals surface area contributed by atoms with E-state index >= 15 is 0 Å². The molecule has 0 spiro atoms. The van der Waals surface area contributed by atoms with E-state index in [1.807, 2.05) is 6.92 Å². The van der Waals surface area contributed by atoms with Crippen LogP contribution in [-0.2, 0) is 12.6 Å². The van der Waals surface area contributed by atoms with Gasteiger partial charge >= 0.3 is 6.18 Å². The van der Waals surface area contributed by atoms with Crippen molar-refractivity contribution in [3.63, 3.8) is 0 Å². The number of hydrogen-bond acceptors (Lipinski definition) is 2. The molecule has 3 aromatic rings. The standard InChI is InChI=1S/C23H21F3N2O2/c1-3-8-19-21(22(30)27-17-10-5-4-6-11-17)20(29)13-15(2)28(19)18-12-7-9-16(14-18)23(24,25)26/h4-7,9-14H,3,8H2,1-2H3,(H,27,30). The van der Waals surface area contributed by atoms with Gasteiger partial charge in [0.05, 0.1) is 5.56 Å². The molecular formula is C23H21F3N2O2. The number of carbonyl (C=O) groups excluding carboxylic acids is 1. The lowest BCUT2D eigenvalue weighted by atomic mass is 10.0. The van der Waals surface area contributed by atoms with E-state index in [-0.39, 0.29) is 11.3 Å². The molecule has 0 saturated heterocycles. The SMILES string of the molecule is CCCc1c(C(=O)Nc2ccccc2)c(=O)cc(C)n1-c1cccc(C(F)(F)F)c1. The minimum Gasteiger partial charge on any atom is -0.322 e. The monoisotopic (exact) mass is 414 g/mol. The first-order valence-corrected chi connectivity index (χ1v) is 9.52. The maximum Gasteiger partial charge on any atom is 0.416 e. The molecule has 0 bridgehead atoms. The second-order valence-corrected chi connectivity index (χ2v) is 6.93. The number of alkyl halides is 3. The highest BCUT2D eigenvalue weighted by molar-refractivity contribution is 6.05.